The third kappa shape index (κ3) is 4.01. The highest BCUT2D eigenvalue weighted by molar-refractivity contribution is 7.99. The minimum atomic E-state index is 0.0567. The van der Waals surface area contributed by atoms with Gasteiger partial charge in [0, 0.05) is 21.8 Å². The average molecular weight is 406 g/mol. The van der Waals surface area contributed by atoms with E-state index in [-0.39, 0.29) is 11.5 Å². The maximum absolute atomic E-state index is 12.5. The van der Waals surface area contributed by atoms with Crippen LogP contribution in [0.5, 0.6) is 0 Å². The fourth-order valence-corrected chi connectivity index (χ4v) is 3.77. The Hall–Kier alpha value is -2.89. The first-order valence-corrected chi connectivity index (χ1v) is 10.1. The molecule has 0 saturated heterocycles. The molecule has 0 aliphatic carbocycles. The van der Waals surface area contributed by atoms with Crippen molar-refractivity contribution in [1.29, 1.82) is 0 Å². The molecule has 0 aliphatic rings. The summed E-state index contributed by atoms with van der Waals surface area (Å²) in [6.45, 7) is 0. The van der Waals surface area contributed by atoms with Crippen molar-refractivity contribution in [3.63, 3.8) is 0 Å². The summed E-state index contributed by atoms with van der Waals surface area (Å²) in [5, 5.41) is 10.1. The molecular weight excluding hydrogens is 390 g/mol. The van der Waals surface area contributed by atoms with E-state index in [2.05, 4.69) is 10.2 Å². The lowest BCUT2D eigenvalue weighted by Crippen LogP contribution is -2.04. The second-order valence-corrected chi connectivity index (χ2v) is 7.44. The van der Waals surface area contributed by atoms with Crippen molar-refractivity contribution in [3.8, 4) is 17.1 Å². The molecule has 0 radical (unpaired) electrons. The van der Waals surface area contributed by atoms with Gasteiger partial charge in [0.15, 0.2) is 16.8 Å². The number of nitrogens with zero attached hydrogens (tertiary/aromatic N) is 3. The summed E-state index contributed by atoms with van der Waals surface area (Å²) in [4.78, 5) is 12.5. The molecule has 0 aliphatic heterocycles. The third-order valence-corrected chi connectivity index (χ3v) is 5.36. The van der Waals surface area contributed by atoms with Crippen molar-refractivity contribution < 1.29 is 4.79 Å². The van der Waals surface area contributed by atoms with Crippen LogP contribution in [0.25, 0.3) is 17.1 Å². The molecule has 0 unspecified atom stereocenters. The molecule has 0 saturated carbocycles. The average Bonchev–Trinajstić information content (AvgIpc) is 3.17. The largest absolute Gasteiger partial charge is 0.293 e. The van der Waals surface area contributed by atoms with Crippen LogP contribution in [0.4, 0.5) is 0 Å². The normalized spacial score (nSPS) is 10.8. The second-order valence-electron chi connectivity index (χ2n) is 6.06. The van der Waals surface area contributed by atoms with Gasteiger partial charge in [-0.15, -0.1) is 10.2 Å². The number of halogens is 1. The van der Waals surface area contributed by atoms with Gasteiger partial charge in [-0.25, -0.2) is 0 Å². The van der Waals surface area contributed by atoms with Crippen molar-refractivity contribution >= 4 is 29.1 Å². The summed E-state index contributed by atoms with van der Waals surface area (Å²) >= 11 is 7.40. The van der Waals surface area contributed by atoms with Crippen LogP contribution in [0.1, 0.15) is 10.4 Å². The highest BCUT2D eigenvalue weighted by Gasteiger charge is 2.17. The molecule has 4 aromatic rings. The molecule has 1 heterocycles. The number of Topliss-reactive ketones (excluding diaryl/α,β-unsaturated/α-hetero) is 1. The van der Waals surface area contributed by atoms with Crippen molar-refractivity contribution in [3.05, 3.63) is 95.5 Å². The number of rotatable bonds is 6. The van der Waals surface area contributed by atoms with Crippen molar-refractivity contribution in [1.82, 2.24) is 14.8 Å². The second kappa shape index (κ2) is 8.42. The van der Waals surface area contributed by atoms with Crippen molar-refractivity contribution in [2.45, 2.75) is 5.16 Å². The predicted octanol–water partition coefficient (Wildman–Crippen LogP) is 5.56. The number of hydrogen-bond acceptors (Lipinski definition) is 4. The SMILES string of the molecule is O=C(CSc1nnc(-c2ccc(Cl)cc2)n1-c1ccccc1)c1ccccc1. The Bertz CT molecular complexity index is 1080. The third-order valence-electron chi connectivity index (χ3n) is 4.18. The van der Waals surface area contributed by atoms with Crippen LogP contribution in [-0.4, -0.2) is 26.3 Å². The minimum Gasteiger partial charge on any atom is -0.293 e. The molecule has 0 amide bonds. The first-order chi connectivity index (χ1) is 13.7. The van der Waals surface area contributed by atoms with E-state index in [1.165, 1.54) is 11.8 Å². The first-order valence-electron chi connectivity index (χ1n) is 8.70. The summed E-state index contributed by atoms with van der Waals surface area (Å²) in [6.07, 6.45) is 0. The predicted molar refractivity (Wildman–Crippen MR) is 113 cm³/mol. The number of thioether (sulfide) groups is 1. The maximum Gasteiger partial charge on any atom is 0.196 e. The molecule has 0 spiro atoms. The molecule has 4 rings (SSSR count). The van der Waals surface area contributed by atoms with Crippen LogP contribution in [0, 0.1) is 0 Å². The number of benzene rings is 3. The van der Waals surface area contributed by atoms with Gasteiger partial charge in [0.2, 0.25) is 0 Å². The quantitative estimate of drug-likeness (QED) is 0.311. The molecule has 138 valence electrons. The molecule has 0 fully saturated rings. The molecule has 1 aromatic heterocycles. The zero-order valence-corrected chi connectivity index (χ0v) is 16.4. The van der Waals surface area contributed by atoms with Crippen molar-refractivity contribution in [2.75, 3.05) is 5.75 Å². The Balaban J connectivity index is 1.67. The zero-order valence-electron chi connectivity index (χ0n) is 14.8. The highest BCUT2D eigenvalue weighted by atomic mass is 35.5. The Morgan fingerprint density at radius 1 is 0.857 bits per heavy atom. The van der Waals surface area contributed by atoms with Gasteiger partial charge in [-0.2, -0.15) is 0 Å². The number of hydrogen-bond donors (Lipinski definition) is 0. The Morgan fingerprint density at radius 3 is 2.18 bits per heavy atom. The summed E-state index contributed by atoms with van der Waals surface area (Å²) in [5.41, 5.74) is 2.54. The number of aromatic nitrogens is 3. The van der Waals surface area contributed by atoms with E-state index in [1.54, 1.807) is 0 Å². The number of carbonyl (C=O) groups excluding carboxylic acids is 1. The van der Waals surface area contributed by atoms with Crippen LogP contribution >= 0.6 is 23.4 Å². The van der Waals surface area contributed by atoms with E-state index in [1.807, 2.05) is 89.5 Å². The maximum atomic E-state index is 12.5. The van der Waals surface area contributed by atoms with Gasteiger partial charge in [0.1, 0.15) is 0 Å². The molecule has 28 heavy (non-hydrogen) atoms. The summed E-state index contributed by atoms with van der Waals surface area (Å²) < 4.78 is 1.96. The molecule has 0 bridgehead atoms. The fourth-order valence-electron chi connectivity index (χ4n) is 2.80. The van der Waals surface area contributed by atoms with Gasteiger partial charge in [-0.1, -0.05) is 71.9 Å². The number of carbonyl (C=O) groups is 1. The van der Waals surface area contributed by atoms with Crippen LogP contribution in [0.15, 0.2) is 90.1 Å². The van der Waals surface area contributed by atoms with Gasteiger partial charge < -0.3 is 0 Å². The molecule has 0 atom stereocenters. The summed E-state index contributed by atoms with van der Waals surface area (Å²) in [7, 11) is 0. The molecular formula is C22H16ClN3OS. The first kappa shape index (κ1) is 18.5. The van der Waals surface area contributed by atoms with E-state index in [0.717, 1.165) is 11.3 Å². The van der Waals surface area contributed by atoms with E-state index in [9.17, 15) is 4.79 Å². The molecule has 6 heteroatoms. The van der Waals surface area contributed by atoms with E-state index >= 15 is 0 Å². The Kier molecular flexibility index (Phi) is 5.55. The van der Waals surface area contributed by atoms with Crippen LogP contribution < -0.4 is 0 Å². The van der Waals surface area contributed by atoms with Crippen LogP contribution in [0.2, 0.25) is 5.02 Å². The number of ketones is 1. The Morgan fingerprint density at radius 2 is 1.50 bits per heavy atom. The Labute approximate surface area is 172 Å². The fraction of sp³-hybridized carbons (Fsp3) is 0.0455. The van der Waals surface area contributed by atoms with E-state index in [0.29, 0.717) is 21.6 Å². The van der Waals surface area contributed by atoms with Crippen LogP contribution in [-0.2, 0) is 0 Å². The topological polar surface area (TPSA) is 47.8 Å². The lowest BCUT2D eigenvalue weighted by Gasteiger charge is -2.10. The summed E-state index contributed by atoms with van der Waals surface area (Å²) in [6, 6.07) is 26.6. The standard InChI is InChI=1S/C22H16ClN3OS/c23-18-13-11-17(12-14-18)21-24-25-22(26(21)19-9-5-2-6-10-19)28-15-20(27)16-7-3-1-4-8-16/h1-14H,15H2. The van der Waals surface area contributed by atoms with Crippen LogP contribution in [0.3, 0.4) is 0 Å². The molecule has 0 N–H and O–H groups in total. The zero-order chi connectivity index (χ0) is 19.3. The smallest absolute Gasteiger partial charge is 0.196 e. The lowest BCUT2D eigenvalue weighted by atomic mass is 10.2. The monoisotopic (exact) mass is 405 g/mol. The minimum absolute atomic E-state index is 0.0567. The van der Waals surface area contributed by atoms with Gasteiger partial charge in [0.25, 0.3) is 0 Å². The molecule has 4 nitrogen and oxygen atoms in total. The van der Waals surface area contributed by atoms with E-state index in [4.69, 9.17) is 11.6 Å². The van der Waals surface area contributed by atoms with Crippen molar-refractivity contribution in [2.24, 2.45) is 0 Å². The van der Waals surface area contributed by atoms with Gasteiger partial charge in [0.05, 0.1) is 5.75 Å². The van der Waals surface area contributed by atoms with Gasteiger partial charge >= 0.3 is 0 Å². The summed E-state index contributed by atoms with van der Waals surface area (Å²) in [5.74, 6) is 1.05. The van der Waals surface area contributed by atoms with E-state index < -0.39 is 0 Å². The lowest BCUT2D eigenvalue weighted by molar-refractivity contribution is 0.102. The molecule has 3 aromatic carbocycles. The highest BCUT2D eigenvalue weighted by Crippen LogP contribution is 2.29. The van der Waals surface area contributed by atoms with Gasteiger partial charge in [-0.05, 0) is 36.4 Å². The number of para-hydroxylation sites is 1. The van der Waals surface area contributed by atoms with Gasteiger partial charge in [-0.3, -0.25) is 9.36 Å².